The minimum Gasteiger partial charge on any atom is -0.339 e. The summed E-state index contributed by atoms with van der Waals surface area (Å²) in [5.74, 6) is 1.76. The van der Waals surface area contributed by atoms with Gasteiger partial charge in [0, 0.05) is 17.2 Å². The van der Waals surface area contributed by atoms with Crippen molar-refractivity contribution >= 4 is 23.4 Å². The van der Waals surface area contributed by atoms with Gasteiger partial charge in [-0.3, -0.25) is 0 Å². The van der Waals surface area contributed by atoms with E-state index in [4.69, 9.17) is 16.1 Å². The molecule has 0 aliphatic carbocycles. The Morgan fingerprint density at radius 3 is 2.94 bits per heavy atom. The maximum Gasteiger partial charge on any atom is 0.227 e. The van der Waals surface area contributed by atoms with Crippen molar-refractivity contribution < 1.29 is 8.91 Å². The molecule has 0 N–H and O–H groups in total. The van der Waals surface area contributed by atoms with Gasteiger partial charge in [0.1, 0.15) is 5.82 Å². The normalized spacial score (nSPS) is 10.7. The van der Waals surface area contributed by atoms with Gasteiger partial charge in [-0.25, -0.2) is 4.39 Å². The molecule has 1 aromatic heterocycles. The van der Waals surface area contributed by atoms with Gasteiger partial charge in [-0.2, -0.15) is 4.98 Å². The van der Waals surface area contributed by atoms with Gasteiger partial charge in [0.15, 0.2) is 5.82 Å². The molecule has 0 aliphatic heterocycles. The minimum atomic E-state index is -0.234. The summed E-state index contributed by atoms with van der Waals surface area (Å²) >= 11 is 6.90. The number of hydrogen-bond acceptors (Lipinski definition) is 4. The maximum atomic E-state index is 13.3. The van der Waals surface area contributed by atoms with Crippen LogP contribution in [0.15, 0.2) is 33.7 Å². The van der Waals surface area contributed by atoms with E-state index in [1.807, 2.05) is 0 Å². The summed E-state index contributed by atoms with van der Waals surface area (Å²) in [5.41, 5.74) is 0. The van der Waals surface area contributed by atoms with Crippen LogP contribution in [0.4, 0.5) is 4.39 Å². The van der Waals surface area contributed by atoms with Crippen LogP contribution in [0.5, 0.6) is 0 Å². The highest BCUT2D eigenvalue weighted by molar-refractivity contribution is 7.98. The van der Waals surface area contributed by atoms with Crippen LogP contribution in [-0.4, -0.2) is 16.0 Å². The molecule has 1 aromatic carbocycles. The quantitative estimate of drug-likeness (QED) is 0.618. The molecule has 0 bridgehead atoms. The molecule has 0 unspecified atom stereocenters. The molecule has 0 aliphatic rings. The van der Waals surface area contributed by atoms with E-state index < -0.39 is 0 Å². The number of benzene rings is 1. The van der Waals surface area contributed by atoms with Crippen molar-refractivity contribution in [3.8, 4) is 0 Å². The average Bonchev–Trinajstić information content (AvgIpc) is 2.76. The van der Waals surface area contributed by atoms with Gasteiger partial charge in [0.25, 0.3) is 0 Å². The summed E-state index contributed by atoms with van der Waals surface area (Å²) in [4.78, 5) is 4.72. The molecule has 0 saturated heterocycles. The van der Waals surface area contributed by atoms with E-state index in [9.17, 15) is 4.39 Å². The minimum absolute atomic E-state index is 0.234. The number of thioether (sulfide) groups is 1. The van der Waals surface area contributed by atoms with Gasteiger partial charge in [0.2, 0.25) is 5.89 Å². The molecular weight excluding hydrogens is 263 g/mol. The first-order valence-corrected chi connectivity index (χ1v) is 6.56. The number of alkyl halides is 1. The van der Waals surface area contributed by atoms with Crippen LogP contribution in [-0.2, 0) is 12.2 Å². The molecular formula is C11H10ClFN2OS. The van der Waals surface area contributed by atoms with Crippen molar-refractivity contribution in [3.63, 3.8) is 0 Å². The number of rotatable bonds is 5. The molecule has 6 heteroatoms. The third kappa shape index (κ3) is 3.44. The van der Waals surface area contributed by atoms with E-state index in [0.29, 0.717) is 34.7 Å². The van der Waals surface area contributed by atoms with Crippen LogP contribution in [0.25, 0.3) is 0 Å². The topological polar surface area (TPSA) is 38.9 Å². The molecule has 0 fully saturated rings. The lowest BCUT2D eigenvalue weighted by Gasteiger charge is -1.99. The Morgan fingerprint density at radius 2 is 2.18 bits per heavy atom. The Bertz CT molecular complexity index is 492. The van der Waals surface area contributed by atoms with Crippen molar-refractivity contribution in [2.24, 2.45) is 0 Å². The fraction of sp³-hybridized carbons (Fsp3) is 0.273. The lowest BCUT2D eigenvalue weighted by molar-refractivity contribution is 0.378. The van der Waals surface area contributed by atoms with Gasteiger partial charge in [-0.15, -0.1) is 23.4 Å². The first-order chi connectivity index (χ1) is 8.29. The summed E-state index contributed by atoms with van der Waals surface area (Å²) in [6, 6.07) is 6.60. The first-order valence-electron chi connectivity index (χ1n) is 5.04. The van der Waals surface area contributed by atoms with Crippen LogP contribution >= 0.6 is 23.4 Å². The fourth-order valence-corrected chi connectivity index (χ4v) is 2.18. The van der Waals surface area contributed by atoms with Crippen LogP contribution in [0, 0.1) is 5.82 Å². The fourth-order valence-electron chi connectivity index (χ4n) is 1.24. The molecule has 0 radical (unpaired) electrons. The molecule has 2 rings (SSSR count). The summed E-state index contributed by atoms with van der Waals surface area (Å²) in [6.07, 6.45) is 0.554. The van der Waals surface area contributed by atoms with E-state index in [1.54, 1.807) is 18.2 Å². The molecule has 0 saturated carbocycles. The first kappa shape index (κ1) is 12.4. The van der Waals surface area contributed by atoms with Crippen LogP contribution in [0.3, 0.4) is 0 Å². The standard InChI is InChI=1S/C11H10ClFN2OS/c12-6-5-11-14-10(15-16-11)7-17-9-4-2-1-3-8(9)13/h1-4H,5-7H2. The van der Waals surface area contributed by atoms with Gasteiger partial charge < -0.3 is 4.52 Å². The molecule has 0 spiro atoms. The van der Waals surface area contributed by atoms with E-state index in [2.05, 4.69) is 10.1 Å². The Morgan fingerprint density at radius 1 is 1.35 bits per heavy atom. The van der Waals surface area contributed by atoms with Gasteiger partial charge >= 0.3 is 0 Å². The second-order valence-electron chi connectivity index (χ2n) is 3.26. The van der Waals surface area contributed by atoms with Crippen molar-refractivity contribution in [1.82, 2.24) is 10.1 Å². The molecule has 17 heavy (non-hydrogen) atoms. The SMILES string of the molecule is Fc1ccccc1SCc1noc(CCCl)n1. The predicted molar refractivity (Wildman–Crippen MR) is 64.7 cm³/mol. The third-order valence-corrected chi connectivity index (χ3v) is 3.25. The lowest BCUT2D eigenvalue weighted by Crippen LogP contribution is -1.88. The summed E-state index contributed by atoms with van der Waals surface area (Å²) in [6.45, 7) is 0. The van der Waals surface area contributed by atoms with Crippen molar-refractivity contribution in [2.45, 2.75) is 17.1 Å². The van der Waals surface area contributed by atoms with Crippen molar-refractivity contribution in [3.05, 3.63) is 41.8 Å². The Balaban J connectivity index is 1.95. The van der Waals surface area contributed by atoms with Gasteiger partial charge in [-0.1, -0.05) is 17.3 Å². The van der Waals surface area contributed by atoms with E-state index in [0.717, 1.165) is 0 Å². The lowest BCUT2D eigenvalue weighted by atomic mass is 10.3. The monoisotopic (exact) mass is 272 g/mol. The van der Waals surface area contributed by atoms with Crippen molar-refractivity contribution in [1.29, 1.82) is 0 Å². The number of halogens is 2. The largest absolute Gasteiger partial charge is 0.339 e. The molecule has 0 amide bonds. The summed E-state index contributed by atoms with van der Waals surface area (Å²) in [7, 11) is 0. The highest BCUT2D eigenvalue weighted by atomic mass is 35.5. The predicted octanol–water partition coefficient (Wildman–Crippen LogP) is 3.28. The average molecular weight is 273 g/mol. The third-order valence-electron chi connectivity index (χ3n) is 2.01. The molecule has 2 aromatic rings. The van der Waals surface area contributed by atoms with Crippen LogP contribution in [0.1, 0.15) is 11.7 Å². The number of nitrogens with zero attached hydrogens (tertiary/aromatic N) is 2. The zero-order valence-corrected chi connectivity index (χ0v) is 10.5. The highest BCUT2D eigenvalue weighted by Gasteiger charge is 2.07. The summed E-state index contributed by atoms with van der Waals surface area (Å²) in [5, 5.41) is 3.79. The van der Waals surface area contributed by atoms with E-state index >= 15 is 0 Å². The van der Waals surface area contributed by atoms with Gasteiger partial charge in [-0.05, 0) is 12.1 Å². The second kappa shape index (κ2) is 6.02. The Labute approximate surface area is 107 Å². The van der Waals surface area contributed by atoms with E-state index in [-0.39, 0.29) is 5.82 Å². The van der Waals surface area contributed by atoms with Crippen molar-refractivity contribution in [2.75, 3.05) is 5.88 Å². The number of hydrogen-bond donors (Lipinski definition) is 0. The zero-order chi connectivity index (χ0) is 12.1. The number of aryl methyl sites for hydroxylation is 1. The number of aromatic nitrogens is 2. The molecule has 3 nitrogen and oxygen atoms in total. The highest BCUT2D eigenvalue weighted by Crippen LogP contribution is 2.24. The summed E-state index contributed by atoms with van der Waals surface area (Å²) < 4.78 is 18.3. The zero-order valence-electron chi connectivity index (χ0n) is 8.90. The molecule has 90 valence electrons. The van der Waals surface area contributed by atoms with Gasteiger partial charge in [0.05, 0.1) is 5.75 Å². The van der Waals surface area contributed by atoms with Crippen LogP contribution in [0.2, 0.25) is 0 Å². The molecule has 1 heterocycles. The van der Waals surface area contributed by atoms with Crippen LogP contribution < -0.4 is 0 Å². The Hall–Kier alpha value is -1.07. The maximum absolute atomic E-state index is 13.3. The molecule has 0 atom stereocenters. The second-order valence-corrected chi connectivity index (χ2v) is 4.66. The smallest absolute Gasteiger partial charge is 0.227 e. The van der Waals surface area contributed by atoms with E-state index in [1.165, 1.54) is 17.8 Å². The Kier molecular flexibility index (Phi) is 4.39.